The molecule has 108 valence electrons. The molecule has 1 aliphatic rings. The van der Waals surface area contributed by atoms with Gasteiger partial charge in [-0.2, -0.15) is 0 Å². The van der Waals surface area contributed by atoms with Crippen LogP contribution in [0.3, 0.4) is 0 Å². The zero-order valence-electron chi connectivity index (χ0n) is 12.1. The summed E-state index contributed by atoms with van der Waals surface area (Å²) in [5, 5.41) is 5.81. The van der Waals surface area contributed by atoms with Crippen LogP contribution in [-0.2, 0) is 0 Å². The van der Waals surface area contributed by atoms with Gasteiger partial charge in [0, 0.05) is 23.7 Å². The molecule has 0 heterocycles. The van der Waals surface area contributed by atoms with Gasteiger partial charge in [0.25, 0.3) is 11.8 Å². The van der Waals surface area contributed by atoms with Crippen LogP contribution < -0.4 is 10.6 Å². The monoisotopic (exact) mass is 274 g/mol. The summed E-state index contributed by atoms with van der Waals surface area (Å²) in [6.07, 6.45) is 3.11. The van der Waals surface area contributed by atoms with Crippen LogP contribution in [0.15, 0.2) is 24.3 Å². The normalized spacial score (nSPS) is 14.2. The Morgan fingerprint density at radius 3 is 2.15 bits per heavy atom. The average molecular weight is 274 g/mol. The molecule has 0 spiro atoms. The van der Waals surface area contributed by atoms with E-state index in [0.717, 1.165) is 19.3 Å². The summed E-state index contributed by atoms with van der Waals surface area (Å²) in [4.78, 5) is 23.7. The number of benzene rings is 1. The van der Waals surface area contributed by atoms with Gasteiger partial charge in [-0.3, -0.25) is 9.59 Å². The maximum Gasteiger partial charge on any atom is 0.251 e. The maximum absolute atomic E-state index is 11.9. The highest BCUT2D eigenvalue weighted by Crippen LogP contribution is 2.19. The van der Waals surface area contributed by atoms with E-state index in [1.165, 1.54) is 0 Å². The van der Waals surface area contributed by atoms with E-state index in [9.17, 15) is 9.59 Å². The summed E-state index contributed by atoms with van der Waals surface area (Å²) < 4.78 is 0. The van der Waals surface area contributed by atoms with Crippen LogP contribution in [0.4, 0.5) is 0 Å². The number of hydrogen-bond acceptors (Lipinski definition) is 2. The third-order valence-corrected chi connectivity index (χ3v) is 3.33. The first-order valence-electron chi connectivity index (χ1n) is 7.25. The highest BCUT2D eigenvalue weighted by molar-refractivity contribution is 5.97. The molecule has 0 unspecified atom stereocenters. The molecule has 1 aromatic rings. The molecule has 1 fully saturated rings. The number of rotatable bonds is 6. The molecule has 4 heteroatoms. The van der Waals surface area contributed by atoms with E-state index in [-0.39, 0.29) is 11.8 Å². The van der Waals surface area contributed by atoms with Crippen molar-refractivity contribution in [3.05, 3.63) is 35.4 Å². The van der Waals surface area contributed by atoms with E-state index in [1.54, 1.807) is 24.3 Å². The van der Waals surface area contributed by atoms with Crippen molar-refractivity contribution in [1.29, 1.82) is 0 Å². The predicted octanol–water partition coefficient (Wildman–Crippen LogP) is 2.35. The first kappa shape index (κ1) is 14.6. The topological polar surface area (TPSA) is 58.2 Å². The summed E-state index contributed by atoms with van der Waals surface area (Å²) in [6, 6.07) is 7.16. The molecule has 0 atom stereocenters. The van der Waals surface area contributed by atoms with E-state index >= 15 is 0 Å². The summed E-state index contributed by atoms with van der Waals surface area (Å²) in [6.45, 7) is 4.93. The standard InChI is InChI=1S/C16H22N2O2/c1-11(2)9-10-17-15(19)12-3-5-13(6-4-12)16(20)18-14-7-8-14/h3-6,11,14H,7-10H2,1-2H3,(H,17,19)(H,18,20). The van der Waals surface area contributed by atoms with E-state index in [4.69, 9.17) is 0 Å². The molecule has 1 saturated carbocycles. The Hall–Kier alpha value is -1.84. The maximum atomic E-state index is 11.9. The number of carbonyl (C=O) groups excluding carboxylic acids is 2. The van der Waals surface area contributed by atoms with Crippen LogP contribution in [0.1, 0.15) is 53.8 Å². The zero-order valence-corrected chi connectivity index (χ0v) is 12.1. The van der Waals surface area contributed by atoms with Crippen LogP contribution in [0.25, 0.3) is 0 Å². The first-order chi connectivity index (χ1) is 9.56. The Kier molecular flexibility index (Phi) is 4.77. The van der Waals surface area contributed by atoms with Crippen molar-refractivity contribution in [2.45, 2.75) is 39.2 Å². The largest absolute Gasteiger partial charge is 0.352 e. The third-order valence-electron chi connectivity index (χ3n) is 3.33. The molecular weight excluding hydrogens is 252 g/mol. The van der Waals surface area contributed by atoms with Gasteiger partial charge in [0.1, 0.15) is 0 Å². The first-order valence-corrected chi connectivity index (χ1v) is 7.25. The van der Waals surface area contributed by atoms with E-state index in [0.29, 0.717) is 29.6 Å². The molecule has 2 N–H and O–H groups in total. The van der Waals surface area contributed by atoms with Crippen molar-refractivity contribution in [1.82, 2.24) is 10.6 Å². The molecule has 2 rings (SSSR count). The van der Waals surface area contributed by atoms with Crippen molar-refractivity contribution in [2.24, 2.45) is 5.92 Å². The fourth-order valence-electron chi connectivity index (χ4n) is 1.85. The number of amides is 2. The number of hydrogen-bond donors (Lipinski definition) is 2. The quantitative estimate of drug-likeness (QED) is 0.836. The van der Waals surface area contributed by atoms with E-state index in [1.807, 2.05) is 0 Å². The van der Waals surface area contributed by atoms with Crippen molar-refractivity contribution in [2.75, 3.05) is 6.54 Å². The second-order valence-electron chi connectivity index (χ2n) is 5.76. The number of nitrogens with one attached hydrogen (secondary N) is 2. The molecule has 4 nitrogen and oxygen atoms in total. The summed E-state index contributed by atoms with van der Waals surface area (Å²) in [7, 11) is 0. The lowest BCUT2D eigenvalue weighted by Gasteiger charge is -2.08. The summed E-state index contributed by atoms with van der Waals surface area (Å²) in [5.41, 5.74) is 1.20. The molecular formula is C16H22N2O2. The van der Waals surface area contributed by atoms with Gasteiger partial charge in [0.2, 0.25) is 0 Å². The lowest BCUT2D eigenvalue weighted by Crippen LogP contribution is -2.26. The van der Waals surface area contributed by atoms with Crippen molar-refractivity contribution >= 4 is 11.8 Å². The number of carbonyl (C=O) groups is 2. The lowest BCUT2D eigenvalue weighted by molar-refractivity contribution is 0.0939. The molecule has 0 aromatic heterocycles. The smallest absolute Gasteiger partial charge is 0.251 e. The third kappa shape index (κ3) is 4.37. The second-order valence-corrected chi connectivity index (χ2v) is 5.76. The molecule has 0 aliphatic heterocycles. The summed E-state index contributed by atoms with van der Waals surface area (Å²) in [5.74, 6) is 0.433. The van der Waals surface area contributed by atoms with Crippen LogP contribution in [0, 0.1) is 5.92 Å². The SMILES string of the molecule is CC(C)CCNC(=O)c1ccc(C(=O)NC2CC2)cc1. The van der Waals surface area contributed by atoms with Crippen molar-refractivity contribution < 1.29 is 9.59 Å². The molecule has 20 heavy (non-hydrogen) atoms. The molecule has 1 aliphatic carbocycles. The van der Waals surface area contributed by atoms with E-state index < -0.39 is 0 Å². The fourth-order valence-corrected chi connectivity index (χ4v) is 1.85. The minimum absolute atomic E-state index is 0.0562. The predicted molar refractivity (Wildman–Crippen MR) is 78.7 cm³/mol. The highest BCUT2D eigenvalue weighted by Gasteiger charge is 2.23. The Balaban J connectivity index is 1.86. The van der Waals surface area contributed by atoms with Gasteiger partial charge in [0.05, 0.1) is 0 Å². The lowest BCUT2D eigenvalue weighted by atomic mass is 10.1. The molecule has 1 aromatic carbocycles. The van der Waals surface area contributed by atoms with Crippen LogP contribution in [0.2, 0.25) is 0 Å². The molecule has 0 bridgehead atoms. The van der Waals surface area contributed by atoms with Gasteiger partial charge in [-0.05, 0) is 49.4 Å². The molecule has 0 saturated heterocycles. The zero-order chi connectivity index (χ0) is 14.5. The van der Waals surface area contributed by atoms with Gasteiger partial charge >= 0.3 is 0 Å². The van der Waals surface area contributed by atoms with E-state index in [2.05, 4.69) is 24.5 Å². The van der Waals surface area contributed by atoms with Crippen molar-refractivity contribution in [3.8, 4) is 0 Å². The summed E-state index contributed by atoms with van der Waals surface area (Å²) >= 11 is 0. The molecule has 0 radical (unpaired) electrons. The van der Waals surface area contributed by atoms with Gasteiger partial charge in [-0.25, -0.2) is 0 Å². The minimum atomic E-state index is -0.0835. The van der Waals surface area contributed by atoms with Gasteiger partial charge in [0.15, 0.2) is 0 Å². The van der Waals surface area contributed by atoms with Crippen LogP contribution in [-0.4, -0.2) is 24.4 Å². The Bertz CT molecular complexity index is 476. The Labute approximate surface area is 119 Å². The average Bonchev–Trinajstić information content (AvgIpc) is 3.22. The van der Waals surface area contributed by atoms with Gasteiger partial charge < -0.3 is 10.6 Å². The molecule has 2 amide bonds. The van der Waals surface area contributed by atoms with Gasteiger partial charge in [-0.1, -0.05) is 13.8 Å². The van der Waals surface area contributed by atoms with Crippen LogP contribution >= 0.6 is 0 Å². The highest BCUT2D eigenvalue weighted by atomic mass is 16.2. The second kappa shape index (κ2) is 6.55. The van der Waals surface area contributed by atoms with Crippen molar-refractivity contribution in [3.63, 3.8) is 0 Å². The fraction of sp³-hybridized carbons (Fsp3) is 0.500. The van der Waals surface area contributed by atoms with Crippen LogP contribution in [0.5, 0.6) is 0 Å². The Morgan fingerprint density at radius 1 is 1.10 bits per heavy atom. The Morgan fingerprint density at radius 2 is 1.65 bits per heavy atom. The van der Waals surface area contributed by atoms with Gasteiger partial charge in [-0.15, -0.1) is 0 Å². The minimum Gasteiger partial charge on any atom is -0.352 e.